The van der Waals surface area contributed by atoms with Crippen LogP contribution < -0.4 is 5.32 Å². The fraction of sp³-hybridized carbons (Fsp3) is 0.200. The van der Waals surface area contributed by atoms with Crippen molar-refractivity contribution in [3.8, 4) is 0 Å². The molecule has 1 N–H and O–H groups in total. The van der Waals surface area contributed by atoms with Crippen molar-refractivity contribution in [3.63, 3.8) is 0 Å². The summed E-state index contributed by atoms with van der Waals surface area (Å²) in [6.07, 6.45) is 6.53. The van der Waals surface area contributed by atoms with Gasteiger partial charge in [0.1, 0.15) is 22.2 Å². The fourth-order valence-electron chi connectivity index (χ4n) is 1.15. The lowest BCUT2D eigenvalue weighted by atomic mass is 10.5. The Balaban J connectivity index is 2.24. The van der Waals surface area contributed by atoms with Crippen LogP contribution in [0.5, 0.6) is 0 Å². The largest absolute Gasteiger partial charge is 0.369 e. The van der Waals surface area contributed by atoms with Gasteiger partial charge in [0.15, 0.2) is 0 Å². The molecular weight excluding hydrogens is 302 g/mol. The average Bonchev–Trinajstić information content (AvgIpc) is 2.36. The van der Waals surface area contributed by atoms with Crippen LogP contribution in [-0.2, 0) is 0 Å². The molecule has 7 heteroatoms. The minimum atomic E-state index is 0.786. The highest BCUT2D eigenvalue weighted by Crippen LogP contribution is 2.33. The molecule has 0 aromatic carbocycles. The summed E-state index contributed by atoms with van der Waals surface area (Å²) in [4.78, 5) is 16.6. The second-order valence-corrected chi connectivity index (χ2v) is 4.82. The molecule has 17 heavy (non-hydrogen) atoms. The van der Waals surface area contributed by atoms with E-state index in [1.807, 2.05) is 6.92 Å². The van der Waals surface area contributed by atoms with E-state index in [1.165, 1.54) is 18.1 Å². The smallest absolute Gasteiger partial charge is 0.144 e. The van der Waals surface area contributed by atoms with Crippen molar-refractivity contribution in [1.29, 1.82) is 0 Å². The summed E-state index contributed by atoms with van der Waals surface area (Å²) in [5.41, 5.74) is 0. The van der Waals surface area contributed by atoms with Gasteiger partial charge in [0, 0.05) is 18.9 Å². The molecule has 0 aliphatic carbocycles. The molecule has 0 spiro atoms. The Bertz CT molecular complexity index is 493. The second kappa shape index (κ2) is 5.92. The van der Waals surface area contributed by atoms with Crippen LogP contribution in [0, 0.1) is 0 Å². The Morgan fingerprint density at radius 3 is 2.88 bits per heavy atom. The fourth-order valence-corrected chi connectivity index (χ4v) is 2.45. The first-order valence-electron chi connectivity index (χ1n) is 4.99. The predicted molar refractivity (Wildman–Crippen MR) is 70.1 cm³/mol. The molecule has 0 saturated carbocycles. The minimum absolute atomic E-state index is 0.786. The van der Waals surface area contributed by atoms with Crippen molar-refractivity contribution in [2.75, 3.05) is 11.9 Å². The SMILES string of the molecule is CCNc1ncnc(Sc2cnccn2)c1Br. The van der Waals surface area contributed by atoms with Crippen molar-refractivity contribution in [1.82, 2.24) is 19.9 Å². The molecule has 2 aromatic rings. The van der Waals surface area contributed by atoms with E-state index in [9.17, 15) is 0 Å². The molecule has 0 aliphatic heterocycles. The third-order valence-corrected chi connectivity index (χ3v) is 3.78. The number of hydrogen-bond acceptors (Lipinski definition) is 6. The Morgan fingerprint density at radius 1 is 1.29 bits per heavy atom. The third kappa shape index (κ3) is 3.13. The Morgan fingerprint density at radius 2 is 2.18 bits per heavy atom. The van der Waals surface area contributed by atoms with Crippen molar-refractivity contribution in [2.24, 2.45) is 0 Å². The zero-order chi connectivity index (χ0) is 12.1. The van der Waals surface area contributed by atoms with Crippen molar-refractivity contribution < 1.29 is 0 Å². The molecule has 0 fully saturated rings. The number of rotatable bonds is 4. The van der Waals surface area contributed by atoms with E-state index < -0.39 is 0 Å². The van der Waals surface area contributed by atoms with Crippen LogP contribution in [0.3, 0.4) is 0 Å². The lowest BCUT2D eigenvalue weighted by molar-refractivity contribution is 0.996. The highest BCUT2D eigenvalue weighted by Gasteiger charge is 2.09. The molecule has 0 unspecified atom stereocenters. The Kier molecular flexibility index (Phi) is 4.27. The quantitative estimate of drug-likeness (QED) is 0.876. The van der Waals surface area contributed by atoms with Crippen molar-refractivity contribution in [3.05, 3.63) is 29.4 Å². The van der Waals surface area contributed by atoms with Gasteiger partial charge in [0.2, 0.25) is 0 Å². The van der Waals surface area contributed by atoms with E-state index in [0.717, 1.165) is 26.9 Å². The lowest BCUT2D eigenvalue weighted by Crippen LogP contribution is -2.01. The highest BCUT2D eigenvalue weighted by molar-refractivity contribution is 9.10. The Labute approximate surface area is 112 Å². The van der Waals surface area contributed by atoms with Crippen LogP contribution in [-0.4, -0.2) is 26.5 Å². The molecule has 0 radical (unpaired) electrons. The summed E-state index contributed by atoms with van der Waals surface area (Å²) in [6.45, 7) is 2.83. The van der Waals surface area contributed by atoms with Crippen LogP contribution in [0.4, 0.5) is 5.82 Å². The molecule has 2 aromatic heterocycles. The zero-order valence-corrected chi connectivity index (χ0v) is 11.5. The monoisotopic (exact) mass is 311 g/mol. The first-order valence-corrected chi connectivity index (χ1v) is 6.60. The summed E-state index contributed by atoms with van der Waals surface area (Å²) in [7, 11) is 0. The van der Waals surface area contributed by atoms with E-state index in [4.69, 9.17) is 0 Å². The maximum absolute atomic E-state index is 4.21. The first kappa shape index (κ1) is 12.3. The number of hydrogen-bond donors (Lipinski definition) is 1. The van der Waals surface area contributed by atoms with Gasteiger partial charge in [-0.25, -0.2) is 15.0 Å². The highest BCUT2D eigenvalue weighted by atomic mass is 79.9. The van der Waals surface area contributed by atoms with Gasteiger partial charge < -0.3 is 5.32 Å². The molecule has 0 atom stereocenters. The lowest BCUT2D eigenvalue weighted by Gasteiger charge is -2.07. The van der Waals surface area contributed by atoms with Crippen molar-refractivity contribution in [2.45, 2.75) is 17.0 Å². The van der Waals surface area contributed by atoms with E-state index in [2.05, 4.69) is 41.2 Å². The van der Waals surface area contributed by atoms with Gasteiger partial charge in [-0.15, -0.1) is 0 Å². The second-order valence-electron chi connectivity index (χ2n) is 3.02. The maximum atomic E-state index is 4.21. The van der Waals surface area contributed by atoms with Gasteiger partial charge in [-0.2, -0.15) is 0 Å². The van der Waals surface area contributed by atoms with E-state index in [0.29, 0.717) is 0 Å². The summed E-state index contributed by atoms with van der Waals surface area (Å²) >= 11 is 4.93. The molecule has 88 valence electrons. The molecule has 0 bridgehead atoms. The molecule has 5 nitrogen and oxygen atoms in total. The van der Waals surface area contributed by atoms with Crippen LogP contribution >= 0.6 is 27.7 Å². The summed E-state index contributed by atoms with van der Waals surface area (Å²) in [5.74, 6) is 0.786. The number of anilines is 1. The maximum Gasteiger partial charge on any atom is 0.144 e. The van der Waals surface area contributed by atoms with Gasteiger partial charge in [-0.1, -0.05) is 0 Å². The van der Waals surface area contributed by atoms with Gasteiger partial charge in [-0.3, -0.25) is 4.98 Å². The average molecular weight is 312 g/mol. The molecule has 0 aliphatic rings. The Hall–Kier alpha value is -1.21. The molecular formula is C10H10BrN5S. The topological polar surface area (TPSA) is 63.6 Å². The summed E-state index contributed by atoms with van der Waals surface area (Å²) < 4.78 is 0.845. The summed E-state index contributed by atoms with van der Waals surface area (Å²) in [6, 6.07) is 0. The first-order chi connectivity index (χ1) is 8.31. The van der Waals surface area contributed by atoms with Gasteiger partial charge in [0.25, 0.3) is 0 Å². The molecule has 0 amide bonds. The number of nitrogens with zero attached hydrogens (tertiary/aromatic N) is 4. The van der Waals surface area contributed by atoms with Crippen LogP contribution in [0.1, 0.15) is 6.92 Å². The van der Waals surface area contributed by atoms with E-state index in [1.54, 1.807) is 18.6 Å². The molecule has 2 rings (SSSR count). The van der Waals surface area contributed by atoms with Gasteiger partial charge >= 0.3 is 0 Å². The van der Waals surface area contributed by atoms with Crippen LogP contribution in [0.2, 0.25) is 0 Å². The minimum Gasteiger partial charge on any atom is -0.369 e. The van der Waals surface area contributed by atoms with E-state index >= 15 is 0 Å². The number of aromatic nitrogens is 4. The van der Waals surface area contributed by atoms with Gasteiger partial charge in [-0.05, 0) is 34.6 Å². The van der Waals surface area contributed by atoms with E-state index in [-0.39, 0.29) is 0 Å². The molecule has 0 saturated heterocycles. The van der Waals surface area contributed by atoms with Crippen LogP contribution in [0.25, 0.3) is 0 Å². The summed E-state index contributed by atoms with van der Waals surface area (Å²) in [5, 5.41) is 4.77. The standard InChI is InChI=1S/C10H10BrN5S/c1-2-13-9-8(11)10(16-6-15-9)17-7-5-12-3-4-14-7/h3-6H,2H2,1H3,(H,13,15,16). The number of nitrogens with one attached hydrogen (secondary N) is 1. The van der Waals surface area contributed by atoms with Crippen LogP contribution in [0.15, 0.2) is 39.4 Å². The van der Waals surface area contributed by atoms with Gasteiger partial charge in [0.05, 0.1) is 10.7 Å². The van der Waals surface area contributed by atoms with Crippen molar-refractivity contribution >= 4 is 33.5 Å². The molecule has 2 heterocycles. The zero-order valence-electron chi connectivity index (χ0n) is 9.09. The third-order valence-electron chi connectivity index (χ3n) is 1.84. The number of halogens is 1. The predicted octanol–water partition coefficient (Wildman–Crippen LogP) is 2.61. The normalized spacial score (nSPS) is 10.2.